The Morgan fingerprint density at radius 1 is 0.786 bits per heavy atom. The minimum atomic E-state index is -1.72. The van der Waals surface area contributed by atoms with Crippen molar-refractivity contribution in [2.75, 3.05) is 5.32 Å². The summed E-state index contributed by atoms with van der Waals surface area (Å²) in [4.78, 5) is 13.4. The molecule has 0 unspecified atom stereocenters. The first kappa shape index (κ1) is 18.9. The zero-order valence-electron chi connectivity index (χ0n) is 14.3. The average Bonchev–Trinajstić information content (AvgIpc) is 2.95. The van der Waals surface area contributed by atoms with Crippen molar-refractivity contribution in [1.29, 1.82) is 0 Å². The Kier molecular flexibility index (Phi) is 4.46. The SMILES string of the molecule is O=C1Nc2c(C(Cl)(Cl)Cl)cccc2C1(c1ccc(O)cc1)c1ccc(O)cc1. The molecule has 3 N–H and O–H groups in total. The van der Waals surface area contributed by atoms with Gasteiger partial charge in [-0.25, -0.2) is 0 Å². The molecule has 0 saturated carbocycles. The summed E-state index contributed by atoms with van der Waals surface area (Å²) in [5, 5.41) is 22.3. The summed E-state index contributed by atoms with van der Waals surface area (Å²) in [6.45, 7) is 0. The number of nitrogens with one attached hydrogen (secondary N) is 1. The monoisotopic (exact) mass is 433 g/mol. The van der Waals surface area contributed by atoms with Crippen LogP contribution in [0.15, 0.2) is 66.7 Å². The fraction of sp³-hybridized carbons (Fsp3) is 0.0952. The van der Waals surface area contributed by atoms with Crippen LogP contribution in [0.4, 0.5) is 5.69 Å². The quantitative estimate of drug-likeness (QED) is 0.485. The lowest BCUT2D eigenvalue weighted by Crippen LogP contribution is -2.36. The van der Waals surface area contributed by atoms with E-state index in [9.17, 15) is 15.0 Å². The zero-order valence-corrected chi connectivity index (χ0v) is 16.6. The number of hydrogen-bond donors (Lipinski definition) is 3. The van der Waals surface area contributed by atoms with E-state index in [2.05, 4.69) is 5.32 Å². The first-order valence-corrected chi connectivity index (χ1v) is 9.49. The normalized spacial score (nSPS) is 15.2. The molecule has 0 aromatic heterocycles. The van der Waals surface area contributed by atoms with Gasteiger partial charge in [-0.3, -0.25) is 4.79 Å². The average molecular weight is 435 g/mol. The third-order valence-electron chi connectivity index (χ3n) is 4.95. The molecule has 0 fully saturated rings. The third-order valence-corrected chi connectivity index (χ3v) is 5.56. The largest absolute Gasteiger partial charge is 0.508 e. The van der Waals surface area contributed by atoms with Crippen LogP contribution < -0.4 is 5.32 Å². The van der Waals surface area contributed by atoms with Crippen molar-refractivity contribution in [2.45, 2.75) is 9.21 Å². The number of halogens is 3. The summed E-state index contributed by atoms with van der Waals surface area (Å²) in [6.07, 6.45) is 0. The van der Waals surface area contributed by atoms with Crippen LogP contribution in [0.5, 0.6) is 11.5 Å². The summed E-state index contributed by atoms with van der Waals surface area (Å²) >= 11 is 18.4. The van der Waals surface area contributed by atoms with E-state index in [1.165, 1.54) is 24.3 Å². The highest BCUT2D eigenvalue weighted by Gasteiger charge is 2.51. The first-order chi connectivity index (χ1) is 13.2. The number of phenolic OH excluding ortho intramolecular Hbond substituents is 2. The molecule has 1 aliphatic heterocycles. The van der Waals surface area contributed by atoms with E-state index in [0.717, 1.165) is 0 Å². The van der Waals surface area contributed by atoms with E-state index in [4.69, 9.17) is 34.8 Å². The predicted octanol–water partition coefficient (Wildman–Crippen LogP) is 5.21. The minimum Gasteiger partial charge on any atom is -0.508 e. The highest BCUT2D eigenvalue weighted by molar-refractivity contribution is 6.67. The Hall–Kier alpha value is -2.40. The number of anilines is 1. The van der Waals surface area contributed by atoms with Crippen molar-refractivity contribution in [3.8, 4) is 11.5 Å². The number of carbonyl (C=O) groups excluding carboxylic acids is 1. The van der Waals surface area contributed by atoms with Gasteiger partial charge >= 0.3 is 0 Å². The molecule has 7 heteroatoms. The van der Waals surface area contributed by atoms with Crippen LogP contribution in [0.2, 0.25) is 0 Å². The Labute approximate surface area is 176 Å². The Bertz CT molecular complexity index is 1010. The number of alkyl halides is 3. The van der Waals surface area contributed by atoms with Crippen LogP contribution in [0, 0.1) is 0 Å². The Balaban J connectivity index is 2.08. The van der Waals surface area contributed by atoms with Crippen molar-refractivity contribution >= 4 is 46.4 Å². The molecule has 0 aliphatic carbocycles. The molecule has 1 heterocycles. The number of para-hydroxylation sites is 1. The molecule has 28 heavy (non-hydrogen) atoms. The second-order valence-corrected chi connectivity index (χ2v) is 8.80. The molecule has 142 valence electrons. The molecule has 4 rings (SSSR count). The molecule has 3 aromatic carbocycles. The highest BCUT2D eigenvalue weighted by atomic mass is 35.6. The minimum absolute atomic E-state index is 0.0817. The van der Waals surface area contributed by atoms with Gasteiger partial charge in [0.05, 0.1) is 5.69 Å². The molecule has 1 amide bonds. The molecule has 1 aliphatic rings. The summed E-state index contributed by atoms with van der Waals surface area (Å²) in [5.74, 6) is -0.155. The van der Waals surface area contributed by atoms with Crippen LogP contribution in [0.25, 0.3) is 0 Å². The Morgan fingerprint density at radius 3 is 1.75 bits per heavy atom. The van der Waals surface area contributed by atoms with Gasteiger partial charge in [-0.05, 0) is 35.4 Å². The lowest BCUT2D eigenvalue weighted by molar-refractivity contribution is -0.118. The number of benzene rings is 3. The summed E-state index contributed by atoms with van der Waals surface area (Å²) in [6, 6.07) is 18.0. The van der Waals surface area contributed by atoms with E-state index in [-0.39, 0.29) is 17.4 Å². The Morgan fingerprint density at radius 2 is 1.29 bits per heavy atom. The number of aromatic hydroxyl groups is 2. The van der Waals surface area contributed by atoms with Crippen molar-refractivity contribution in [1.82, 2.24) is 0 Å². The molecule has 0 saturated heterocycles. The standard InChI is InChI=1S/C21H14Cl3NO3/c22-21(23,24)17-3-1-2-16-18(17)25-19(28)20(16,12-4-8-14(26)9-5-12)13-6-10-15(27)11-7-13/h1-11,26-27H,(H,25,28). The zero-order chi connectivity index (χ0) is 20.1. The molecule has 0 bridgehead atoms. The van der Waals surface area contributed by atoms with Crippen LogP contribution in [-0.4, -0.2) is 16.1 Å². The van der Waals surface area contributed by atoms with Gasteiger partial charge in [0.25, 0.3) is 0 Å². The number of hydrogen-bond acceptors (Lipinski definition) is 3. The topological polar surface area (TPSA) is 69.6 Å². The number of rotatable bonds is 2. The maximum absolute atomic E-state index is 13.4. The van der Waals surface area contributed by atoms with E-state index < -0.39 is 9.21 Å². The van der Waals surface area contributed by atoms with Gasteiger partial charge in [-0.2, -0.15) is 0 Å². The molecule has 3 aromatic rings. The smallest absolute Gasteiger partial charge is 0.244 e. The third kappa shape index (κ3) is 2.80. The van der Waals surface area contributed by atoms with E-state index in [0.29, 0.717) is 27.9 Å². The molecule has 0 atom stereocenters. The lowest BCUT2D eigenvalue weighted by Gasteiger charge is -2.29. The van der Waals surface area contributed by atoms with Gasteiger partial charge in [0.2, 0.25) is 9.70 Å². The summed E-state index contributed by atoms with van der Waals surface area (Å²) in [7, 11) is 0. The van der Waals surface area contributed by atoms with Crippen molar-refractivity contribution < 1.29 is 15.0 Å². The fourth-order valence-corrected chi connectivity index (χ4v) is 4.20. The second-order valence-electron chi connectivity index (χ2n) is 6.52. The number of carbonyl (C=O) groups is 1. The maximum Gasteiger partial charge on any atom is 0.244 e. The molecule has 0 radical (unpaired) electrons. The van der Waals surface area contributed by atoms with Gasteiger partial charge in [0.15, 0.2) is 0 Å². The van der Waals surface area contributed by atoms with Crippen molar-refractivity contribution in [3.63, 3.8) is 0 Å². The van der Waals surface area contributed by atoms with E-state index in [1.807, 2.05) is 0 Å². The van der Waals surface area contributed by atoms with E-state index >= 15 is 0 Å². The number of fused-ring (bicyclic) bond motifs is 1. The van der Waals surface area contributed by atoms with Crippen LogP contribution >= 0.6 is 34.8 Å². The van der Waals surface area contributed by atoms with Gasteiger partial charge in [-0.1, -0.05) is 77.3 Å². The first-order valence-electron chi connectivity index (χ1n) is 8.36. The van der Waals surface area contributed by atoms with Gasteiger partial charge in [-0.15, -0.1) is 0 Å². The number of phenols is 2. The number of amides is 1. The lowest BCUT2D eigenvalue weighted by atomic mass is 9.70. The highest BCUT2D eigenvalue weighted by Crippen LogP contribution is 2.53. The molecular formula is C21H14Cl3NO3. The van der Waals surface area contributed by atoms with Crippen LogP contribution in [0.3, 0.4) is 0 Å². The van der Waals surface area contributed by atoms with Crippen molar-refractivity contribution in [3.05, 3.63) is 89.0 Å². The van der Waals surface area contributed by atoms with Crippen LogP contribution in [-0.2, 0) is 14.0 Å². The molecule has 0 spiro atoms. The summed E-state index contributed by atoms with van der Waals surface area (Å²) in [5.41, 5.74) is 1.46. The molecule has 4 nitrogen and oxygen atoms in total. The maximum atomic E-state index is 13.4. The predicted molar refractivity (Wildman–Crippen MR) is 110 cm³/mol. The molecular weight excluding hydrogens is 421 g/mol. The van der Waals surface area contributed by atoms with Gasteiger partial charge < -0.3 is 15.5 Å². The fourth-order valence-electron chi connectivity index (χ4n) is 3.73. The van der Waals surface area contributed by atoms with Crippen molar-refractivity contribution in [2.24, 2.45) is 0 Å². The van der Waals surface area contributed by atoms with Crippen LogP contribution in [0.1, 0.15) is 22.3 Å². The van der Waals surface area contributed by atoms with Gasteiger partial charge in [0.1, 0.15) is 16.9 Å². The van der Waals surface area contributed by atoms with Gasteiger partial charge in [0, 0.05) is 11.1 Å². The second kappa shape index (κ2) is 6.59. The van der Waals surface area contributed by atoms with E-state index in [1.54, 1.807) is 42.5 Å². The summed E-state index contributed by atoms with van der Waals surface area (Å²) < 4.78 is -1.72.